The highest BCUT2D eigenvalue weighted by Crippen LogP contribution is 2.47. The Morgan fingerprint density at radius 1 is 1.20 bits per heavy atom. The fourth-order valence-corrected chi connectivity index (χ4v) is 5.92. The minimum absolute atomic E-state index is 0.0361. The number of hydrogen-bond donors (Lipinski definition) is 1. The van der Waals surface area contributed by atoms with Crippen molar-refractivity contribution in [2.24, 2.45) is 5.92 Å². The first-order valence-corrected chi connectivity index (χ1v) is 14.5. The van der Waals surface area contributed by atoms with Gasteiger partial charge in [-0.15, -0.1) is 0 Å². The second-order valence-electron chi connectivity index (χ2n) is 12.0. The molecule has 3 heterocycles. The van der Waals surface area contributed by atoms with Crippen LogP contribution in [0.3, 0.4) is 0 Å². The van der Waals surface area contributed by atoms with E-state index in [0.29, 0.717) is 55.6 Å². The monoisotopic (exact) mass is 573 g/mol. The molecule has 2 aromatic rings. The molecule has 0 bridgehead atoms. The van der Waals surface area contributed by atoms with E-state index in [2.05, 4.69) is 33.1 Å². The van der Waals surface area contributed by atoms with Crippen LogP contribution in [0.1, 0.15) is 50.0 Å². The van der Waals surface area contributed by atoms with Crippen molar-refractivity contribution in [1.29, 1.82) is 0 Å². The molecule has 1 saturated heterocycles. The summed E-state index contributed by atoms with van der Waals surface area (Å²) in [6.07, 6.45) is 6.92. The molecule has 0 spiro atoms. The lowest BCUT2D eigenvalue weighted by molar-refractivity contribution is -0.870. The number of carbonyl (C=O) groups excluding carboxylic acids is 1. The van der Waals surface area contributed by atoms with Crippen molar-refractivity contribution in [3.8, 4) is 17.2 Å². The van der Waals surface area contributed by atoms with Crippen LogP contribution < -0.4 is 14.2 Å². The van der Waals surface area contributed by atoms with Crippen LogP contribution in [-0.4, -0.2) is 110 Å². The number of aliphatic carboxylic acids is 1. The first-order valence-electron chi connectivity index (χ1n) is 14.5. The molecular formula is C30H45N4O7+. The number of unbranched alkanes of at least 4 members (excludes halogenated alkanes) is 1. The molecule has 0 saturated carbocycles. The maximum atomic E-state index is 13.8. The number of methoxy groups -OCH3 is 1. The number of nitrogens with zero attached hydrogens (tertiary/aromatic N) is 4. The average molecular weight is 574 g/mol. The molecular weight excluding hydrogens is 528 g/mol. The van der Waals surface area contributed by atoms with Gasteiger partial charge in [0.1, 0.15) is 6.26 Å². The quantitative estimate of drug-likeness (QED) is 0.321. The summed E-state index contributed by atoms with van der Waals surface area (Å²) in [7, 11) is 8.01. The molecule has 0 radical (unpaired) electrons. The number of amides is 1. The number of aryl methyl sites for hydroxylation is 1. The number of oxazole rings is 1. The van der Waals surface area contributed by atoms with Crippen LogP contribution in [0.25, 0.3) is 0 Å². The highest BCUT2D eigenvalue weighted by molar-refractivity contribution is 5.79. The highest BCUT2D eigenvalue weighted by Gasteiger charge is 2.47. The van der Waals surface area contributed by atoms with Crippen LogP contribution in [0.5, 0.6) is 17.2 Å². The third-order valence-electron chi connectivity index (χ3n) is 8.01. The Morgan fingerprint density at radius 3 is 2.63 bits per heavy atom. The van der Waals surface area contributed by atoms with Gasteiger partial charge >= 0.3 is 5.97 Å². The van der Waals surface area contributed by atoms with Crippen LogP contribution in [0, 0.1) is 5.92 Å². The first kappa shape index (κ1) is 30.6. The fraction of sp³-hybridized carbons (Fsp3) is 0.633. The lowest BCUT2D eigenvalue weighted by Gasteiger charge is -2.30. The number of quaternary nitrogens is 1. The molecule has 1 aromatic heterocycles. The van der Waals surface area contributed by atoms with E-state index in [0.717, 1.165) is 35.9 Å². The molecule has 2 aliphatic rings. The Bertz CT molecular complexity index is 1160. The zero-order valence-electron chi connectivity index (χ0n) is 25.0. The number of hydrogen-bond acceptors (Lipinski definition) is 8. The summed E-state index contributed by atoms with van der Waals surface area (Å²) in [6.45, 7) is 5.14. The summed E-state index contributed by atoms with van der Waals surface area (Å²) < 4.78 is 23.0. The molecule has 226 valence electrons. The van der Waals surface area contributed by atoms with Gasteiger partial charge in [-0.25, -0.2) is 4.98 Å². The van der Waals surface area contributed by atoms with Gasteiger partial charge < -0.3 is 33.1 Å². The van der Waals surface area contributed by atoms with Crippen molar-refractivity contribution in [2.75, 3.05) is 67.8 Å². The molecule has 2 aliphatic heterocycles. The predicted molar refractivity (Wildman–Crippen MR) is 152 cm³/mol. The van der Waals surface area contributed by atoms with E-state index in [9.17, 15) is 14.7 Å². The summed E-state index contributed by atoms with van der Waals surface area (Å²) in [5.41, 5.74) is 0.792. The van der Waals surface area contributed by atoms with Gasteiger partial charge in [0.05, 0.1) is 53.5 Å². The number of aromatic nitrogens is 1. The summed E-state index contributed by atoms with van der Waals surface area (Å²) >= 11 is 0. The van der Waals surface area contributed by atoms with Gasteiger partial charge in [0.15, 0.2) is 17.4 Å². The first-order chi connectivity index (χ1) is 19.6. The summed E-state index contributed by atoms with van der Waals surface area (Å²) in [5.74, 6) is 0.141. The molecule has 0 aliphatic carbocycles. The van der Waals surface area contributed by atoms with Gasteiger partial charge in [-0.2, -0.15) is 0 Å². The molecule has 1 amide bonds. The molecule has 41 heavy (non-hydrogen) atoms. The standard InChI is InChI=1S/C30H44N4O7/c1-6-7-12-32(13-8-14-34(2,3)4)27(35)19-33-18-22(21-16-24(38-5)29-25(17-21)40-20-41-29)28(30(36)37)23(33)9-10-26-31-11-15-39-26/h11,15-17,22-23,28H,6-10,12-14,18-20H2,1-5H3/p+1/t22-,23+,28?/m1/s1. The van der Waals surface area contributed by atoms with Gasteiger partial charge in [0.2, 0.25) is 18.4 Å². The Hall–Kier alpha value is -3.31. The number of carbonyl (C=O) groups is 2. The number of rotatable bonds is 15. The van der Waals surface area contributed by atoms with Crippen LogP contribution in [0.15, 0.2) is 29.0 Å². The van der Waals surface area contributed by atoms with Crippen LogP contribution >= 0.6 is 0 Å². The van der Waals surface area contributed by atoms with Crippen molar-refractivity contribution in [3.63, 3.8) is 0 Å². The zero-order chi connectivity index (χ0) is 29.6. The number of likely N-dealkylation sites (tertiary alicyclic amines) is 1. The maximum absolute atomic E-state index is 13.8. The second-order valence-corrected chi connectivity index (χ2v) is 12.0. The third kappa shape index (κ3) is 7.71. The van der Waals surface area contributed by atoms with Crippen LogP contribution in [-0.2, 0) is 16.0 Å². The number of carboxylic acid groups (broad SMARTS) is 1. The van der Waals surface area contributed by atoms with Crippen molar-refractivity contribution in [3.05, 3.63) is 36.0 Å². The molecule has 11 heteroatoms. The van der Waals surface area contributed by atoms with E-state index in [1.54, 1.807) is 13.3 Å². The fourth-order valence-electron chi connectivity index (χ4n) is 5.92. The van der Waals surface area contributed by atoms with E-state index in [1.807, 2.05) is 21.9 Å². The molecule has 1 aromatic carbocycles. The van der Waals surface area contributed by atoms with Crippen molar-refractivity contribution in [1.82, 2.24) is 14.8 Å². The smallest absolute Gasteiger partial charge is 0.308 e. The minimum Gasteiger partial charge on any atom is -0.493 e. The normalized spacial score (nSPS) is 20.4. The molecule has 1 N–H and O–H groups in total. The van der Waals surface area contributed by atoms with Gasteiger partial charge in [0, 0.05) is 44.4 Å². The summed E-state index contributed by atoms with van der Waals surface area (Å²) in [5, 5.41) is 10.5. The lowest BCUT2D eigenvalue weighted by Crippen LogP contribution is -2.45. The van der Waals surface area contributed by atoms with Crippen LogP contribution in [0.2, 0.25) is 0 Å². The molecule has 1 fully saturated rings. The van der Waals surface area contributed by atoms with Crippen LogP contribution in [0.4, 0.5) is 0 Å². The summed E-state index contributed by atoms with van der Waals surface area (Å²) in [6, 6.07) is 3.30. The highest BCUT2D eigenvalue weighted by atomic mass is 16.7. The van der Waals surface area contributed by atoms with Crippen molar-refractivity contribution >= 4 is 11.9 Å². The maximum Gasteiger partial charge on any atom is 0.308 e. The number of fused-ring (bicyclic) bond motifs is 1. The van der Waals surface area contributed by atoms with Gasteiger partial charge in [-0.3, -0.25) is 14.5 Å². The molecule has 11 nitrogen and oxygen atoms in total. The SMILES string of the molecule is CCCCN(CCC[N+](C)(C)C)C(=O)CN1C[C@H](c2cc(OC)c3c(c2)OCO3)C(C(=O)O)[C@@H]1CCc1ncco1. The Labute approximate surface area is 242 Å². The van der Waals surface area contributed by atoms with Gasteiger partial charge in [-0.1, -0.05) is 13.3 Å². The largest absolute Gasteiger partial charge is 0.493 e. The number of ether oxygens (including phenoxy) is 3. The average Bonchev–Trinajstić information content (AvgIpc) is 3.68. The Kier molecular flexibility index (Phi) is 10.1. The van der Waals surface area contributed by atoms with E-state index in [-0.39, 0.29) is 31.2 Å². The second kappa shape index (κ2) is 13.6. The van der Waals surface area contributed by atoms with Gasteiger partial charge in [0.25, 0.3) is 0 Å². The van der Waals surface area contributed by atoms with E-state index in [1.165, 1.54) is 6.26 Å². The van der Waals surface area contributed by atoms with Gasteiger partial charge in [-0.05, 0) is 30.5 Å². The van der Waals surface area contributed by atoms with E-state index >= 15 is 0 Å². The lowest BCUT2D eigenvalue weighted by atomic mass is 9.83. The minimum atomic E-state index is -0.898. The van der Waals surface area contributed by atoms with Crippen molar-refractivity contribution in [2.45, 2.75) is 51.0 Å². The molecule has 4 rings (SSSR count). The third-order valence-corrected chi connectivity index (χ3v) is 8.01. The number of carboxylic acids is 1. The number of benzene rings is 1. The predicted octanol–water partition coefficient (Wildman–Crippen LogP) is 3.24. The summed E-state index contributed by atoms with van der Waals surface area (Å²) in [4.78, 5) is 34.8. The molecule has 1 unspecified atom stereocenters. The Morgan fingerprint density at radius 2 is 1.98 bits per heavy atom. The molecule has 3 atom stereocenters. The van der Waals surface area contributed by atoms with Crippen molar-refractivity contribution < 1.29 is 37.8 Å². The zero-order valence-corrected chi connectivity index (χ0v) is 25.0. The van der Waals surface area contributed by atoms with E-state index < -0.39 is 11.9 Å². The van der Waals surface area contributed by atoms with E-state index in [4.69, 9.17) is 18.6 Å². The topological polar surface area (TPSA) is 115 Å². The Balaban J connectivity index is 1.60.